The lowest BCUT2D eigenvalue weighted by atomic mass is 9.96. The third kappa shape index (κ3) is 4.95. The third-order valence-corrected chi connectivity index (χ3v) is 2.94. The summed E-state index contributed by atoms with van der Waals surface area (Å²) in [4.78, 5) is 0. The van der Waals surface area contributed by atoms with Crippen molar-refractivity contribution in [3.8, 4) is 0 Å². The van der Waals surface area contributed by atoms with Crippen molar-refractivity contribution in [3.05, 3.63) is 0 Å². The first kappa shape index (κ1) is 17.8. The van der Waals surface area contributed by atoms with Gasteiger partial charge in [0.25, 0.3) is 0 Å². The Morgan fingerprint density at radius 1 is 1.05 bits per heavy atom. The number of quaternary nitrogens is 1. The van der Waals surface area contributed by atoms with Gasteiger partial charge in [-0.25, -0.2) is 0 Å². The van der Waals surface area contributed by atoms with Crippen LogP contribution in [0.15, 0.2) is 0 Å². The molecular weight excluding hydrogens is 262 g/mol. The van der Waals surface area contributed by atoms with Crippen LogP contribution in [0.4, 0.5) is 0 Å². The third-order valence-electron chi connectivity index (χ3n) is 2.94. The molecule has 0 aromatic carbocycles. The molecule has 1 saturated heterocycles. The van der Waals surface area contributed by atoms with E-state index < -0.39 is 41.8 Å². The van der Waals surface area contributed by atoms with Crippen LogP contribution in [0.1, 0.15) is 41.5 Å². The maximum Gasteiger partial charge on any atom is 0.214 e. The molecule has 0 radical (unpaired) electrons. The van der Waals surface area contributed by atoms with E-state index in [9.17, 15) is 10.2 Å². The fraction of sp³-hybridized carbons (Fsp3) is 1.00. The van der Waals surface area contributed by atoms with Crippen molar-refractivity contribution in [2.75, 3.05) is 6.61 Å². The Labute approximate surface area is 121 Å². The van der Waals surface area contributed by atoms with E-state index in [0.29, 0.717) is 0 Å². The van der Waals surface area contributed by atoms with Gasteiger partial charge in [0.2, 0.25) is 6.29 Å². The number of aliphatic hydroxyl groups excluding tert-OH is 2. The van der Waals surface area contributed by atoms with Crippen LogP contribution in [-0.2, 0) is 14.2 Å². The Hall–Kier alpha value is -0.240. The highest BCUT2D eigenvalue weighted by molar-refractivity contribution is 4.91. The summed E-state index contributed by atoms with van der Waals surface area (Å²) in [5.74, 6) is 0. The average molecular weight is 292 g/mol. The molecule has 0 spiro atoms. The summed E-state index contributed by atoms with van der Waals surface area (Å²) in [5, 5.41) is 19.9. The molecule has 0 amide bonds. The van der Waals surface area contributed by atoms with Crippen molar-refractivity contribution in [2.45, 2.75) is 83.4 Å². The van der Waals surface area contributed by atoms with Gasteiger partial charge in [0, 0.05) is 0 Å². The molecule has 6 nitrogen and oxygen atoms in total. The normalized spacial score (nSPS) is 36.1. The number of ether oxygens (including phenoxy) is 3. The van der Waals surface area contributed by atoms with Gasteiger partial charge in [-0.3, -0.25) is 0 Å². The minimum atomic E-state index is -0.854. The second-order valence-corrected chi connectivity index (χ2v) is 7.31. The second-order valence-electron chi connectivity index (χ2n) is 7.31. The summed E-state index contributed by atoms with van der Waals surface area (Å²) in [5.41, 5.74) is 3.07. The smallest absolute Gasteiger partial charge is 0.214 e. The molecule has 1 fully saturated rings. The van der Waals surface area contributed by atoms with Crippen LogP contribution in [0, 0.1) is 0 Å². The van der Waals surface area contributed by atoms with E-state index in [0.717, 1.165) is 0 Å². The number of hydrogen-bond acceptors (Lipinski definition) is 5. The zero-order valence-electron chi connectivity index (χ0n) is 13.4. The maximum absolute atomic E-state index is 10.4. The lowest BCUT2D eigenvalue weighted by Gasteiger charge is -2.44. The van der Waals surface area contributed by atoms with E-state index >= 15 is 0 Å². The van der Waals surface area contributed by atoms with Gasteiger partial charge >= 0.3 is 0 Å². The standard InChI is InChI=1S/C14H29NO5/c1-13(2,3)19-11-8(7-16)18-12(9(15)10(11)17)20-14(4,5)6/h8-12,16-17H,7,15H2,1-6H3/p+1. The molecule has 1 rings (SSSR count). The van der Waals surface area contributed by atoms with Gasteiger partial charge in [-0.15, -0.1) is 0 Å². The largest absolute Gasteiger partial charge is 0.394 e. The summed E-state index contributed by atoms with van der Waals surface area (Å²) in [7, 11) is 0. The molecule has 1 aliphatic heterocycles. The van der Waals surface area contributed by atoms with Gasteiger partial charge in [0.05, 0.1) is 17.8 Å². The van der Waals surface area contributed by atoms with Crippen molar-refractivity contribution < 1.29 is 30.2 Å². The first-order valence-electron chi connectivity index (χ1n) is 7.08. The highest BCUT2D eigenvalue weighted by Crippen LogP contribution is 2.28. The Bertz CT molecular complexity index is 308. The molecule has 1 aliphatic rings. The molecule has 0 bridgehead atoms. The average Bonchev–Trinajstić information content (AvgIpc) is 2.25. The number of rotatable bonds is 3. The summed E-state index contributed by atoms with van der Waals surface area (Å²) in [6.45, 7) is 11.1. The maximum atomic E-state index is 10.4. The van der Waals surface area contributed by atoms with Crippen LogP contribution >= 0.6 is 0 Å². The molecule has 5 N–H and O–H groups in total. The van der Waals surface area contributed by atoms with Gasteiger partial charge in [-0.2, -0.15) is 0 Å². The number of hydrogen-bond donors (Lipinski definition) is 3. The first-order valence-corrected chi connectivity index (χ1v) is 7.08. The van der Waals surface area contributed by atoms with E-state index in [1.807, 2.05) is 41.5 Å². The molecule has 5 unspecified atom stereocenters. The van der Waals surface area contributed by atoms with E-state index in [1.54, 1.807) is 0 Å². The van der Waals surface area contributed by atoms with Crippen LogP contribution in [0.25, 0.3) is 0 Å². The quantitative estimate of drug-likeness (QED) is 0.662. The molecule has 0 aliphatic carbocycles. The monoisotopic (exact) mass is 292 g/mol. The second kappa shape index (κ2) is 6.25. The van der Waals surface area contributed by atoms with Gasteiger partial charge < -0.3 is 30.2 Å². The van der Waals surface area contributed by atoms with Gasteiger partial charge in [-0.1, -0.05) is 0 Å². The van der Waals surface area contributed by atoms with E-state index in [4.69, 9.17) is 14.2 Å². The lowest BCUT2D eigenvalue weighted by molar-refractivity contribution is -0.508. The van der Waals surface area contributed by atoms with Gasteiger partial charge in [-0.05, 0) is 41.5 Å². The Morgan fingerprint density at radius 2 is 1.55 bits per heavy atom. The van der Waals surface area contributed by atoms with Crippen molar-refractivity contribution in [1.82, 2.24) is 0 Å². The van der Waals surface area contributed by atoms with Gasteiger partial charge in [0.15, 0.2) is 6.04 Å². The summed E-state index contributed by atoms with van der Waals surface area (Å²) >= 11 is 0. The van der Waals surface area contributed by atoms with Gasteiger partial charge in [0.1, 0.15) is 18.3 Å². The SMILES string of the molecule is CC(C)(C)OC1OC(CO)C(OC(C)(C)C)C(O)C1[NH3+]. The molecule has 120 valence electrons. The molecule has 1 heterocycles. The summed E-state index contributed by atoms with van der Waals surface area (Å²) in [6, 6.07) is -0.482. The highest BCUT2D eigenvalue weighted by Gasteiger charge is 2.49. The van der Waals surface area contributed by atoms with Crippen molar-refractivity contribution in [3.63, 3.8) is 0 Å². The van der Waals surface area contributed by atoms with Crippen molar-refractivity contribution in [1.29, 1.82) is 0 Å². The molecule has 5 atom stereocenters. The van der Waals surface area contributed by atoms with E-state index in [-0.39, 0.29) is 6.61 Å². The predicted molar refractivity (Wildman–Crippen MR) is 73.9 cm³/mol. The Balaban J connectivity index is 2.84. The highest BCUT2D eigenvalue weighted by atomic mass is 16.7. The molecular formula is C14H30NO5+. The van der Waals surface area contributed by atoms with Crippen LogP contribution < -0.4 is 5.73 Å². The first-order chi connectivity index (χ1) is 8.94. The molecule has 0 aromatic rings. The van der Waals surface area contributed by atoms with E-state index in [1.165, 1.54) is 0 Å². The fourth-order valence-electron chi connectivity index (χ4n) is 2.14. The summed E-state index contributed by atoms with van der Waals surface area (Å²) < 4.78 is 17.3. The molecule has 6 heteroatoms. The van der Waals surface area contributed by atoms with Crippen molar-refractivity contribution >= 4 is 0 Å². The lowest BCUT2D eigenvalue weighted by Crippen LogP contribution is -2.79. The zero-order valence-corrected chi connectivity index (χ0v) is 13.4. The molecule has 20 heavy (non-hydrogen) atoms. The topological polar surface area (TPSA) is 95.8 Å². The van der Waals surface area contributed by atoms with Crippen LogP contribution in [-0.4, -0.2) is 58.7 Å². The predicted octanol–water partition coefficient (Wildman–Crippen LogP) is -0.326. The molecule has 0 aromatic heterocycles. The van der Waals surface area contributed by atoms with E-state index in [2.05, 4.69) is 5.73 Å². The zero-order chi connectivity index (χ0) is 15.7. The Morgan fingerprint density at radius 3 is 1.95 bits per heavy atom. The van der Waals surface area contributed by atoms with Crippen LogP contribution in [0.2, 0.25) is 0 Å². The van der Waals surface area contributed by atoms with Crippen molar-refractivity contribution in [2.24, 2.45) is 0 Å². The molecule has 0 saturated carbocycles. The minimum absolute atomic E-state index is 0.242. The van der Waals surface area contributed by atoms with Crippen LogP contribution in [0.3, 0.4) is 0 Å². The Kier molecular flexibility index (Phi) is 5.57. The van der Waals surface area contributed by atoms with Crippen LogP contribution in [0.5, 0.6) is 0 Å². The fourth-order valence-corrected chi connectivity index (χ4v) is 2.14. The minimum Gasteiger partial charge on any atom is -0.394 e. The number of aliphatic hydroxyl groups is 2. The summed E-state index contributed by atoms with van der Waals surface area (Å²) in [6.07, 6.45) is -2.77.